The zero-order chi connectivity index (χ0) is 13.6. The molecule has 2 aliphatic heterocycles. The first-order valence-corrected chi connectivity index (χ1v) is 7.68. The van der Waals surface area contributed by atoms with Gasteiger partial charge in [0, 0.05) is 43.9 Å². The van der Waals surface area contributed by atoms with E-state index in [9.17, 15) is 0 Å². The molecule has 1 aromatic rings. The van der Waals surface area contributed by atoms with Crippen LogP contribution in [0.5, 0.6) is 5.75 Å². The van der Waals surface area contributed by atoms with Crippen molar-refractivity contribution in [3.63, 3.8) is 0 Å². The number of anilines is 1. The maximum atomic E-state index is 5.93. The molecule has 0 aliphatic carbocycles. The molecule has 0 spiro atoms. The van der Waals surface area contributed by atoms with Gasteiger partial charge >= 0.3 is 0 Å². The lowest BCUT2D eigenvalue weighted by molar-refractivity contribution is 0.167. The molecule has 0 radical (unpaired) electrons. The Morgan fingerprint density at radius 2 is 2.30 bits per heavy atom. The van der Waals surface area contributed by atoms with E-state index in [1.807, 2.05) is 0 Å². The number of rotatable bonds is 4. The molecule has 4 heteroatoms. The Morgan fingerprint density at radius 3 is 3.20 bits per heavy atom. The Bertz CT molecular complexity index is 411. The van der Waals surface area contributed by atoms with Crippen molar-refractivity contribution in [3.05, 3.63) is 24.3 Å². The predicted molar refractivity (Wildman–Crippen MR) is 80.6 cm³/mol. The van der Waals surface area contributed by atoms with Gasteiger partial charge in [0.15, 0.2) is 0 Å². The highest BCUT2D eigenvalue weighted by Crippen LogP contribution is 2.23. The van der Waals surface area contributed by atoms with Crippen molar-refractivity contribution in [1.82, 2.24) is 5.32 Å². The second-order valence-corrected chi connectivity index (χ2v) is 5.63. The van der Waals surface area contributed by atoms with Crippen molar-refractivity contribution in [3.8, 4) is 5.75 Å². The van der Waals surface area contributed by atoms with Crippen LogP contribution in [0, 0.1) is 5.92 Å². The van der Waals surface area contributed by atoms with E-state index in [1.54, 1.807) is 0 Å². The van der Waals surface area contributed by atoms with Crippen LogP contribution >= 0.6 is 0 Å². The van der Waals surface area contributed by atoms with Gasteiger partial charge in [-0.25, -0.2) is 0 Å². The van der Waals surface area contributed by atoms with E-state index in [1.165, 1.54) is 12.1 Å². The third-order valence-corrected chi connectivity index (χ3v) is 4.03. The second-order valence-electron chi connectivity index (χ2n) is 5.63. The first-order chi connectivity index (χ1) is 9.92. The number of nitrogens with one attached hydrogen (secondary N) is 1. The molecule has 0 aromatic heterocycles. The lowest BCUT2D eigenvalue weighted by Crippen LogP contribution is -2.27. The van der Waals surface area contributed by atoms with E-state index < -0.39 is 0 Å². The smallest absolute Gasteiger partial charge is 0.121 e. The molecule has 2 fully saturated rings. The Hall–Kier alpha value is -1.26. The van der Waals surface area contributed by atoms with Gasteiger partial charge in [-0.3, -0.25) is 0 Å². The minimum absolute atomic E-state index is 0.557. The number of hydrogen-bond donors (Lipinski definition) is 1. The summed E-state index contributed by atoms with van der Waals surface area (Å²) in [5.41, 5.74) is 1.27. The third kappa shape index (κ3) is 3.64. The molecule has 4 nitrogen and oxygen atoms in total. The highest BCUT2D eigenvalue weighted by Gasteiger charge is 2.16. The average Bonchev–Trinajstić information content (AvgIpc) is 2.86. The number of ether oxygens (including phenoxy) is 2. The fraction of sp³-hybridized carbons (Fsp3) is 0.625. The van der Waals surface area contributed by atoms with Crippen LogP contribution in [0.1, 0.15) is 12.8 Å². The molecule has 0 amide bonds. The molecule has 2 aliphatic rings. The Labute approximate surface area is 121 Å². The molecule has 3 rings (SSSR count). The van der Waals surface area contributed by atoms with Crippen molar-refractivity contribution < 1.29 is 9.47 Å². The first-order valence-electron chi connectivity index (χ1n) is 7.68. The van der Waals surface area contributed by atoms with E-state index in [0.717, 1.165) is 58.2 Å². The molecule has 1 aromatic carbocycles. The summed E-state index contributed by atoms with van der Waals surface area (Å²) in [6, 6.07) is 8.49. The van der Waals surface area contributed by atoms with Crippen molar-refractivity contribution in [2.75, 3.05) is 50.9 Å². The van der Waals surface area contributed by atoms with Crippen LogP contribution in [0.2, 0.25) is 0 Å². The summed E-state index contributed by atoms with van der Waals surface area (Å²) >= 11 is 0. The van der Waals surface area contributed by atoms with Crippen molar-refractivity contribution in [1.29, 1.82) is 0 Å². The van der Waals surface area contributed by atoms with E-state index in [4.69, 9.17) is 9.47 Å². The largest absolute Gasteiger partial charge is 0.493 e. The maximum absolute atomic E-state index is 5.93. The normalized spacial score (nSPS) is 23.6. The van der Waals surface area contributed by atoms with E-state index in [2.05, 4.69) is 34.5 Å². The molecule has 0 saturated carbocycles. The Morgan fingerprint density at radius 1 is 1.30 bits per heavy atom. The Kier molecular flexibility index (Phi) is 4.77. The standard InChI is InChI=1S/C16H24N2O2/c1-3-15(18-8-2-6-17-7-9-18)11-16(4-1)20-13-14-5-10-19-12-14/h1,3-4,11,14,17H,2,5-10,12-13H2. The zero-order valence-electron chi connectivity index (χ0n) is 12.0. The monoisotopic (exact) mass is 276 g/mol. The quantitative estimate of drug-likeness (QED) is 0.911. The van der Waals surface area contributed by atoms with Crippen LogP contribution in [0.4, 0.5) is 5.69 Å². The van der Waals surface area contributed by atoms with Crippen molar-refractivity contribution >= 4 is 5.69 Å². The summed E-state index contributed by atoms with van der Waals surface area (Å²) in [4.78, 5) is 2.44. The average molecular weight is 276 g/mol. The highest BCUT2D eigenvalue weighted by molar-refractivity contribution is 5.50. The minimum atomic E-state index is 0.557. The molecule has 2 saturated heterocycles. The third-order valence-electron chi connectivity index (χ3n) is 4.03. The molecule has 1 N–H and O–H groups in total. The topological polar surface area (TPSA) is 33.7 Å². The van der Waals surface area contributed by atoms with Crippen molar-refractivity contribution in [2.24, 2.45) is 5.92 Å². The van der Waals surface area contributed by atoms with Gasteiger partial charge in [0.25, 0.3) is 0 Å². The summed E-state index contributed by atoms with van der Waals surface area (Å²) < 4.78 is 11.3. The molecule has 2 heterocycles. The van der Waals surface area contributed by atoms with Crippen LogP contribution < -0.4 is 15.0 Å². The van der Waals surface area contributed by atoms with Crippen LogP contribution in [0.25, 0.3) is 0 Å². The fourth-order valence-corrected chi connectivity index (χ4v) is 2.80. The van der Waals surface area contributed by atoms with Crippen LogP contribution in [-0.4, -0.2) is 46.0 Å². The van der Waals surface area contributed by atoms with Gasteiger partial charge < -0.3 is 19.7 Å². The molecule has 1 unspecified atom stereocenters. The van der Waals surface area contributed by atoms with E-state index >= 15 is 0 Å². The summed E-state index contributed by atoms with van der Waals surface area (Å²) in [6.07, 6.45) is 2.32. The SMILES string of the molecule is c1cc(OCC2CCOC2)cc(N2CCCNCC2)c1. The minimum Gasteiger partial charge on any atom is -0.493 e. The van der Waals surface area contributed by atoms with Gasteiger partial charge in [0.1, 0.15) is 5.75 Å². The molecule has 20 heavy (non-hydrogen) atoms. The zero-order valence-corrected chi connectivity index (χ0v) is 12.0. The van der Waals surface area contributed by atoms with Gasteiger partial charge in [-0.15, -0.1) is 0 Å². The Balaban J connectivity index is 1.59. The summed E-state index contributed by atoms with van der Waals surface area (Å²) in [5, 5.41) is 3.44. The van der Waals surface area contributed by atoms with Crippen LogP contribution in [0.15, 0.2) is 24.3 Å². The van der Waals surface area contributed by atoms with Gasteiger partial charge in [0.05, 0.1) is 13.2 Å². The van der Waals surface area contributed by atoms with Gasteiger partial charge in [0.2, 0.25) is 0 Å². The van der Waals surface area contributed by atoms with Gasteiger partial charge in [-0.2, -0.15) is 0 Å². The van der Waals surface area contributed by atoms with Gasteiger partial charge in [-0.05, 0) is 31.5 Å². The fourth-order valence-electron chi connectivity index (χ4n) is 2.80. The summed E-state index contributed by atoms with van der Waals surface area (Å²) in [6.45, 7) is 6.86. The number of benzene rings is 1. The summed E-state index contributed by atoms with van der Waals surface area (Å²) in [5.74, 6) is 1.53. The highest BCUT2D eigenvalue weighted by atomic mass is 16.5. The number of nitrogens with zero attached hydrogens (tertiary/aromatic N) is 1. The molecule has 110 valence electrons. The van der Waals surface area contributed by atoms with E-state index in [-0.39, 0.29) is 0 Å². The molecular formula is C16H24N2O2. The number of hydrogen-bond acceptors (Lipinski definition) is 4. The lowest BCUT2D eigenvalue weighted by atomic mass is 10.1. The first kappa shape index (κ1) is 13.7. The second kappa shape index (κ2) is 6.95. The lowest BCUT2D eigenvalue weighted by Gasteiger charge is -2.23. The van der Waals surface area contributed by atoms with Gasteiger partial charge in [-0.1, -0.05) is 6.07 Å². The maximum Gasteiger partial charge on any atom is 0.121 e. The predicted octanol–water partition coefficient (Wildman–Crippen LogP) is 1.90. The van der Waals surface area contributed by atoms with Crippen LogP contribution in [0.3, 0.4) is 0 Å². The van der Waals surface area contributed by atoms with E-state index in [0.29, 0.717) is 5.92 Å². The van der Waals surface area contributed by atoms with Crippen LogP contribution in [-0.2, 0) is 4.74 Å². The molecule has 0 bridgehead atoms. The molecule has 1 atom stereocenters. The summed E-state index contributed by atoms with van der Waals surface area (Å²) in [7, 11) is 0. The molecular weight excluding hydrogens is 252 g/mol. The van der Waals surface area contributed by atoms with Crippen molar-refractivity contribution in [2.45, 2.75) is 12.8 Å².